The van der Waals surface area contributed by atoms with Crippen molar-refractivity contribution in [2.75, 3.05) is 0 Å². The lowest BCUT2D eigenvalue weighted by molar-refractivity contribution is -0.384. The second-order valence-corrected chi connectivity index (χ2v) is 5.00. The molecule has 0 fully saturated rings. The van der Waals surface area contributed by atoms with Gasteiger partial charge in [-0.05, 0) is 24.6 Å². The van der Waals surface area contributed by atoms with Crippen LogP contribution in [0.1, 0.15) is 21.5 Å². The highest BCUT2D eigenvalue weighted by Crippen LogP contribution is 2.25. The summed E-state index contributed by atoms with van der Waals surface area (Å²) in [5, 5.41) is 13.5. The Morgan fingerprint density at radius 1 is 1.29 bits per heavy atom. The lowest BCUT2D eigenvalue weighted by Gasteiger charge is -2.06. The number of benzene rings is 2. The average Bonchev–Trinajstić information content (AvgIpc) is 2.45. The number of carbonyl (C=O) groups excluding carboxylic acids is 1. The van der Waals surface area contributed by atoms with Crippen LogP contribution in [0.4, 0.5) is 5.69 Å². The summed E-state index contributed by atoms with van der Waals surface area (Å²) in [5.74, 6) is -0.378. The minimum atomic E-state index is -0.611. The van der Waals surface area contributed by atoms with E-state index in [-0.39, 0.29) is 22.2 Å². The fourth-order valence-electron chi connectivity index (χ4n) is 1.90. The first-order chi connectivity index (χ1) is 9.97. The normalized spacial score (nSPS) is 10.2. The SMILES string of the molecule is Cc1cccc(CNC(=O)c2ccc(Cl)c([N+](=O)[O-])c2)c1. The van der Waals surface area contributed by atoms with Crippen LogP contribution >= 0.6 is 11.6 Å². The largest absolute Gasteiger partial charge is 0.348 e. The van der Waals surface area contributed by atoms with E-state index in [2.05, 4.69) is 5.32 Å². The van der Waals surface area contributed by atoms with Crippen molar-refractivity contribution in [3.05, 3.63) is 74.3 Å². The fourth-order valence-corrected chi connectivity index (χ4v) is 2.09. The lowest BCUT2D eigenvalue weighted by Crippen LogP contribution is -2.22. The van der Waals surface area contributed by atoms with E-state index < -0.39 is 4.92 Å². The van der Waals surface area contributed by atoms with E-state index in [0.717, 1.165) is 11.1 Å². The highest BCUT2D eigenvalue weighted by molar-refractivity contribution is 6.32. The maximum absolute atomic E-state index is 12.0. The molecule has 0 saturated carbocycles. The van der Waals surface area contributed by atoms with Crippen molar-refractivity contribution in [1.82, 2.24) is 5.32 Å². The molecule has 0 aliphatic rings. The second kappa shape index (κ2) is 6.37. The van der Waals surface area contributed by atoms with Gasteiger partial charge in [0.25, 0.3) is 11.6 Å². The Kier molecular flexibility index (Phi) is 4.55. The first kappa shape index (κ1) is 15.0. The molecule has 0 aromatic heterocycles. The minimum Gasteiger partial charge on any atom is -0.348 e. The topological polar surface area (TPSA) is 72.2 Å². The van der Waals surface area contributed by atoms with Crippen LogP contribution in [0.2, 0.25) is 5.02 Å². The van der Waals surface area contributed by atoms with Gasteiger partial charge in [-0.2, -0.15) is 0 Å². The van der Waals surface area contributed by atoms with E-state index in [1.54, 1.807) is 0 Å². The Labute approximate surface area is 126 Å². The lowest BCUT2D eigenvalue weighted by atomic mass is 10.1. The van der Waals surface area contributed by atoms with Crippen LogP contribution in [-0.4, -0.2) is 10.8 Å². The van der Waals surface area contributed by atoms with Crippen LogP contribution in [0, 0.1) is 17.0 Å². The van der Waals surface area contributed by atoms with E-state index in [1.807, 2.05) is 31.2 Å². The molecule has 6 heteroatoms. The van der Waals surface area contributed by atoms with Crippen molar-refractivity contribution in [3.63, 3.8) is 0 Å². The highest BCUT2D eigenvalue weighted by Gasteiger charge is 2.16. The predicted molar refractivity (Wildman–Crippen MR) is 80.5 cm³/mol. The fraction of sp³-hybridized carbons (Fsp3) is 0.133. The molecule has 0 spiro atoms. The monoisotopic (exact) mass is 304 g/mol. The minimum absolute atomic E-state index is 0.00948. The van der Waals surface area contributed by atoms with Gasteiger partial charge in [0.05, 0.1) is 4.92 Å². The third-order valence-corrected chi connectivity index (χ3v) is 3.26. The standard InChI is InChI=1S/C15H13ClN2O3/c1-10-3-2-4-11(7-10)9-17-15(19)12-5-6-13(16)14(8-12)18(20)21/h2-8H,9H2,1H3,(H,17,19). The van der Waals surface area contributed by atoms with E-state index in [9.17, 15) is 14.9 Å². The van der Waals surface area contributed by atoms with Crippen molar-refractivity contribution in [2.45, 2.75) is 13.5 Å². The van der Waals surface area contributed by atoms with Gasteiger partial charge in [-0.3, -0.25) is 14.9 Å². The molecule has 2 rings (SSSR count). The summed E-state index contributed by atoms with van der Waals surface area (Å²) in [7, 11) is 0. The smallest absolute Gasteiger partial charge is 0.288 e. The van der Waals surface area contributed by atoms with Crippen molar-refractivity contribution < 1.29 is 9.72 Å². The predicted octanol–water partition coefficient (Wildman–Crippen LogP) is 3.49. The molecule has 0 atom stereocenters. The number of halogens is 1. The number of hydrogen-bond donors (Lipinski definition) is 1. The van der Waals surface area contributed by atoms with Crippen LogP contribution in [-0.2, 0) is 6.54 Å². The Balaban J connectivity index is 2.10. The zero-order valence-corrected chi connectivity index (χ0v) is 12.1. The zero-order chi connectivity index (χ0) is 15.4. The summed E-state index contributed by atoms with van der Waals surface area (Å²) in [4.78, 5) is 22.2. The molecule has 0 aliphatic carbocycles. The Morgan fingerprint density at radius 2 is 2.05 bits per heavy atom. The van der Waals surface area contributed by atoms with Crippen LogP contribution in [0.25, 0.3) is 0 Å². The molecule has 0 aliphatic heterocycles. The number of nitro groups is 1. The molecule has 0 unspecified atom stereocenters. The van der Waals surface area contributed by atoms with Gasteiger partial charge in [-0.25, -0.2) is 0 Å². The van der Waals surface area contributed by atoms with E-state index in [1.165, 1.54) is 18.2 Å². The number of nitro benzene ring substituents is 1. The van der Waals surface area contributed by atoms with Crippen molar-refractivity contribution >= 4 is 23.2 Å². The quantitative estimate of drug-likeness (QED) is 0.694. The molecule has 1 amide bonds. The molecule has 0 bridgehead atoms. The van der Waals surface area contributed by atoms with E-state index in [4.69, 9.17) is 11.6 Å². The summed E-state index contributed by atoms with van der Waals surface area (Å²) in [6, 6.07) is 11.7. The maximum atomic E-state index is 12.0. The second-order valence-electron chi connectivity index (χ2n) is 4.60. The van der Waals surface area contributed by atoms with Gasteiger partial charge in [0.2, 0.25) is 0 Å². The van der Waals surface area contributed by atoms with Gasteiger partial charge >= 0.3 is 0 Å². The Morgan fingerprint density at radius 3 is 2.71 bits per heavy atom. The van der Waals surface area contributed by atoms with Crippen molar-refractivity contribution in [2.24, 2.45) is 0 Å². The van der Waals surface area contributed by atoms with E-state index >= 15 is 0 Å². The Hall–Kier alpha value is -2.40. The van der Waals surface area contributed by atoms with Crippen LogP contribution in [0.15, 0.2) is 42.5 Å². The highest BCUT2D eigenvalue weighted by atomic mass is 35.5. The molecule has 0 heterocycles. The number of nitrogens with one attached hydrogen (secondary N) is 1. The van der Waals surface area contributed by atoms with Crippen LogP contribution in [0.3, 0.4) is 0 Å². The molecule has 0 radical (unpaired) electrons. The first-order valence-electron chi connectivity index (χ1n) is 6.25. The number of amides is 1. The molecule has 2 aromatic carbocycles. The third kappa shape index (κ3) is 3.79. The van der Waals surface area contributed by atoms with Gasteiger partial charge in [0, 0.05) is 18.2 Å². The summed E-state index contributed by atoms with van der Waals surface area (Å²) >= 11 is 5.71. The van der Waals surface area contributed by atoms with Crippen LogP contribution < -0.4 is 5.32 Å². The molecule has 108 valence electrons. The van der Waals surface area contributed by atoms with Gasteiger partial charge in [0.15, 0.2) is 0 Å². The number of nitrogens with zero attached hydrogens (tertiary/aromatic N) is 1. The molecule has 0 saturated heterocycles. The average molecular weight is 305 g/mol. The summed E-state index contributed by atoms with van der Waals surface area (Å²) < 4.78 is 0. The van der Waals surface area contributed by atoms with Crippen molar-refractivity contribution in [1.29, 1.82) is 0 Å². The molecule has 5 nitrogen and oxygen atoms in total. The van der Waals surface area contributed by atoms with Gasteiger partial charge in [0.1, 0.15) is 5.02 Å². The number of hydrogen-bond acceptors (Lipinski definition) is 3. The molecule has 2 aromatic rings. The molecular formula is C15H13ClN2O3. The van der Waals surface area contributed by atoms with E-state index in [0.29, 0.717) is 6.54 Å². The maximum Gasteiger partial charge on any atom is 0.288 e. The van der Waals surface area contributed by atoms with Crippen LogP contribution in [0.5, 0.6) is 0 Å². The summed E-state index contributed by atoms with van der Waals surface area (Å²) in [5.41, 5.74) is 1.99. The Bertz CT molecular complexity index is 701. The van der Waals surface area contributed by atoms with Gasteiger partial charge < -0.3 is 5.32 Å². The number of carbonyl (C=O) groups is 1. The van der Waals surface area contributed by atoms with Gasteiger partial charge in [-0.1, -0.05) is 41.4 Å². The molecule has 21 heavy (non-hydrogen) atoms. The molecule has 1 N–H and O–H groups in total. The van der Waals surface area contributed by atoms with Crippen molar-refractivity contribution in [3.8, 4) is 0 Å². The van der Waals surface area contributed by atoms with Gasteiger partial charge in [-0.15, -0.1) is 0 Å². The molecular weight excluding hydrogens is 292 g/mol. The third-order valence-electron chi connectivity index (χ3n) is 2.94. The zero-order valence-electron chi connectivity index (χ0n) is 11.3. The first-order valence-corrected chi connectivity index (χ1v) is 6.63. The summed E-state index contributed by atoms with van der Waals surface area (Å²) in [6.45, 7) is 2.32. The number of rotatable bonds is 4. The number of aryl methyl sites for hydroxylation is 1. The summed E-state index contributed by atoms with van der Waals surface area (Å²) in [6.07, 6.45) is 0.